The summed E-state index contributed by atoms with van der Waals surface area (Å²) in [5, 5.41) is 12.5. The molecule has 0 aliphatic carbocycles. The highest BCUT2D eigenvalue weighted by Gasteiger charge is 2.20. The number of anilines is 2. The van der Waals surface area contributed by atoms with Crippen LogP contribution in [0, 0.1) is 11.3 Å². The third-order valence-electron chi connectivity index (χ3n) is 4.40. The Morgan fingerprint density at radius 2 is 2.24 bits per heavy atom. The molecule has 130 valence electrons. The van der Waals surface area contributed by atoms with Gasteiger partial charge in [-0.3, -0.25) is 4.90 Å². The van der Waals surface area contributed by atoms with Gasteiger partial charge in [0.05, 0.1) is 11.6 Å². The first-order valence-electron chi connectivity index (χ1n) is 8.62. The zero-order valence-corrected chi connectivity index (χ0v) is 14.8. The lowest BCUT2D eigenvalue weighted by atomic mass is 10.0. The van der Waals surface area contributed by atoms with Crippen LogP contribution in [0.5, 0.6) is 0 Å². The predicted octanol–water partition coefficient (Wildman–Crippen LogP) is 2.49. The molecule has 1 aromatic heterocycles. The van der Waals surface area contributed by atoms with E-state index < -0.39 is 0 Å². The van der Waals surface area contributed by atoms with Crippen LogP contribution in [0.4, 0.5) is 11.8 Å². The van der Waals surface area contributed by atoms with Gasteiger partial charge in [0.25, 0.3) is 0 Å². The van der Waals surface area contributed by atoms with Gasteiger partial charge in [-0.25, -0.2) is 4.98 Å². The molecule has 1 aromatic carbocycles. The van der Waals surface area contributed by atoms with Crippen LogP contribution in [0.15, 0.2) is 36.5 Å². The SMILES string of the molecule is CN(C)c1ccnc(NC2CCCN(Cc3cccc(C#N)c3)C2)n1. The first-order chi connectivity index (χ1) is 12.1. The number of nitrogens with one attached hydrogen (secondary N) is 1. The van der Waals surface area contributed by atoms with E-state index >= 15 is 0 Å². The second kappa shape index (κ2) is 7.95. The molecule has 1 unspecified atom stereocenters. The molecule has 0 spiro atoms. The molecule has 1 fully saturated rings. The maximum absolute atomic E-state index is 9.04. The molecule has 25 heavy (non-hydrogen) atoms. The summed E-state index contributed by atoms with van der Waals surface area (Å²) in [5.41, 5.74) is 1.91. The van der Waals surface area contributed by atoms with Gasteiger partial charge in [0.15, 0.2) is 0 Å². The Hall–Kier alpha value is -2.65. The summed E-state index contributed by atoms with van der Waals surface area (Å²) in [7, 11) is 3.95. The van der Waals surface area contributed by atoms with Gasteiger partial charge < -0.3 is 10.2 Å². The van der Waals surface area contributed by atoms with Crippen LogP contribution < -0.4 is 10.2 Å². The van der Waals surface area contributed by atoms with Crippen molar-refractivity contribution in [2.24, 2.45) is 0 Å². The molecule has 0 bridgehead atoms. The standard InChI is InChI=1S/C19H24N6/c1-24(2)18-8-9-21-19(23-18)22-17-7-4-10-25(14-17)13-16-6-3-5-15(11-16)12-20/h3,5-6,8-9,11,17H,4,7,10,13-14H2,1-2H3,(H,21,22,23). The van der Waals surface area contributed by atoms with Crippen molar-refractivity contribution < 1.29 is 0 Å². The molecule has 1 N–H and O–H groups in total. The van der Waals surface area contributed by atoms with Crippen LogP contribution in [0.25, 0.3) is 0 Å². The second-order valence-electron chi connectivity index (χ2n) is 6.66. The zero-order valence-electron chi connectivity index (χ0n) is 14.8. The molecular formula is C19H24N6. The Morgan fingerprint density at radius 3 is 3.04 bits per heavy atom. The molecule has 1 aliphatic heterocycles. The van der Waals surface area contributed by atoms with Gasteiger partial charge in [0, 0.05) is 39.4 Å². The number of hydrogen-bond acceptors (Lipinski definition) is 6. The van der Waals surface area contributed by atoms with E-state index in [1.54, 1.807) is 6.20 Å². The smallest absolute Gasteiger partial charge is 0.224 e. The summed E-state index contributed by atoms with van der Waals surface area (Å²) in [6, 6.07) is 12.3. The number of rotatable bonds is 5. The van der Waals surface area contributed by atoms with Crippen LogP contribution in [0.3, 0.4) is 0 Å². The Balaban J connectivity index is 1.61. The fraction of sp³-hybridized carbons (Fsp3) is 0.421. The third kappa shape index (κ3) is 4.68. The van der Waals surface area contributed by atoms with Crippen molar-refractivity contribution in [1.82, 2.24) is 14.9 Å². The van der Waals surface area contributed by atoms with Crippen LogP contribution in [-0.2, 0) is 6.54 Å². The van der Waals surface area contributed by atoms with Crippen molar-refractivity contribution in [3.05, 3.63) is 47.7 Å². The monoisotopic (exact) mass is 336 g/mol. The third-order valence-corrected chi connectivity index (χ3v) is 4.40. The van der Waals surface area contributed by atoms with Crippen molar-refractivity contribution in [2.45, 2.75) is 25.4 Å². The second-order valence-corrected chi connectivity index (χ2v) is 6.66. The topological polar surface area (TPSA) is 68.1 Å². The van der Waals surface area contributed by atoms with Crippen molar-refractivity contribution >= 4 is 11.8 Å². The van der Waals surface area contributed by atoms with E-state index in [2.05, 4.69) is 32.3 Å². The van der Waals surface area contributed by atoms with Crippen LogP contribution >= 0.6 is 0 Å². The number of nitrogens with zero attached hydrogens (tertiary/aromatic N) is 5. The number of piperidine rings is 1. The maximum Gasteiger partial charge on any atom is 0.224 e. The minimum Gasteiger partial charge on any atom is -0.363 e. The van der Waals surface area contributed by atoms with Crippen LogP contribution in [0.1, 0.15) is 24.0 Å². The average Bonchev–Trinajstić information content (AvgIpc) is 2.62. The van der Waals surface area contributed by atoms with E-state index in [0.717, 1.165) is 43.9 Å². The fourth-order valence-electron chi connectivity index (χ4n) is 3.16. The van der Waals surface area contributed by atoms with Gasteiger partial charge in [-0.15, -0.1) is 0 Å². The van der Waals surface area contributed by atoms with Gasteiger partial charge in [-0.1, -0.05) is 12.1 Å². The normalized spacial score (nSPS) is 17.7. The number of likely N-dealkylation sites (tertiary alicyclic amines) is 1. The number of hydrogen-bond donors (Lipinski definition) is 1. The van der Waals surface area contributed by atoms with Crippen molar-refractivity contribution in [3.63, 3.8) is 0 Å². The Morgan fingerprint density at radius 1 is 1.36 bits per heavy atom. The average molecular weight is 336 g/mol. The highest BCUT2D eigenvalue weighted by atomic mass is 15.2. The molecule has 2 heterocycles. The molecule has 0 amide bonds. The van der Waals surface area contributed by atoms with Crippen molar-refractivity contribution in [3.8, 4) is 6.07 Å². The molecule has 0 radical (unpaired) electrons. The van der Waals surface area contributed by atoms with Gasteiger partial charge >= 0.3 is 0 Å². The Kier molecular flexibility index (Phi) is 5.46. The Bertz CT molecular complexity index is 752. The summed E-state index contributed by atoms with van der Waals surface area (Å²) in [6.45, 7) is 2.90. The molecule has 0 saturated carbocycles. The molecule has 6 heteroatoms. The van der Waals surface area contributed by atoms with Crippen molar-refractivity contribution in [1.29, 1.82) is 5.26 Å². The minimum atomic E-state index is 0.338. The zero-order chi connectivity index (χ0) is 17.6. The molecule has 6 nitrogen and oxygen atoms in total. The van der Waals surface area contributed by atoms with E-state index in [4.69, 9.17) is 5.26 Å². The summed E-state index contributed by atoms with van der Waals surface area (Å²) >= 11 is 0. The summed E-state index contributed by atoms with van der Waals surface area (Å²) in [4.78, 5) is 13.3. The molecule has 1 saturated heterocycles. The first kappa shape index (κ1) is 17.2. The molecular weight excluding hydrogens is 312 g/mol. The van der Waals surface area contributed by atoms with Crippen molar-refractivity contribution in [2.75, 3.05) is 37.4 Å². The fourth-order valence-corrected chi connectivity index (χ4v) is 3.16. The lowest BCUT2D eigenvalue weighted by molar-refractivity contribution is 0.208. The maximum atomic E-state index is 9.04. The number of nitriles is 1. The highest BCUT2D eigenvalue weighted by molar-refractivity contribution is 5.41. The van der Waals surface area contributed by atoms with E-state index in [1.165, 1.54) is 5.56 Å². The summed E-state index contributed by atoms with van der Waals surface area (Å²) in [5.74, 6) is 1.59. The first-order valence-corrected chi connectivity index (χ1v) is 8.62. The Labute approximate surface area is 149 Å². The number of aromatic nitrogens is 2. The molecule has 1 aliphatic rings. The van der Waals surface area contributed by atoms with Gasteiger partial charge in [-0.2, -0.15) is 10.2 Å². The lowest BCUT2D eigenvalue weighted by Crippen LogP contribution is -2.41. The predicted molar refractivity (Wildman–Crippen MR) is 99.4 cm³/mol. The van der Waals surface area contributed by atoms with Crippen LogP contribution in [0.2, 0.25) is 0 Å². The number of benzene rings is 1. The van der Waals surface area contributed by atoms with E-state index in [0.29, 0.717) is 12.0 Å². The van der Waals surface area contributed by atoms with E-state index in [-0.39, 0.29) is 0 Å². The van der Waals surface area contributed by atoms with E-state index in [1.807, 2.05) is 43.3 Å². The molecule has 1 atom stereocenters. The summed E-state index contributed by atoms with van der Waals surface area (Å²) < 4.78 is 0. The van der Waals surface area contributed by atoms with E-state index in [9.17, 15) is 0 Å². The van der Waals surface area contributed by atoms with Gasteiger partial charge in [0.2, 0.25) is 5.95 Å². The highest BCUT2D eigenvalue weighted by Crippen LogP contribution is 2.18. The molecule has 2 aromatic rings. The summed E-state index contributed by atoms with van der Waals surface area (Å²) in [6.07, 6.45) is 4.05. The quantitative estimate of drug-likeness (QED) is 0.905. The minimum absolute atomic E-state index is 0.338. The van der Waals surface area contributed by atoms with Crippen LogP contribution in [-0.4, -0.2) is 48.1 Å². The molecule has 3 rings (SSSR count). The van der Waals surface area contributed by atoms with Gasteiger partial charge in [-0.05, 0) is 43.1 Å². The van der Waals surface area contributed by atoms with Gasteiger partial charge in [0.1, 0.15) is 5.82 Å². The largest absolute Gasteiger partial charge is 0.363 e. The lowest BCUT2D eigenvalue weighted by Gasteiger charge is -2.33.